The minimum Gasteiger partial charge on any atom is -0.496 e. The van der Waals surface area contributed by atoms with Crippen molar-refractivity contribution in [3.8, 4) is 28.7 Å². The number of aromatic nitrogens is 1. The number of H-pyrrole nitrogens is 1. The molecule has 1 aromatic heterocycles. The van der Waals surface area contributed by atoms with E-state index in [1.807, 2.05) is 37.3 Å². The molecule has 0 amide bonds. The molecular weight excluding hydrogens is 376 g/mol. The number of rotatable bonds is 5. The summed E-state index contributed by atoms with van der Waals surface area (Å²) in [6.45, 7) is 3.97. The lowest BCUT2D eigenvalue weighted by Crippen LogP contribution is -2.12. The number of nitrogens with one attached hydrogen (secondary N) is 1. The van der Waals surface area contributed by atoms with E-state index in [0.717, 1.165) is 22.4 Å². The van der Waals surface area contributed by atoms with Gasteiger partial charge in [0.25, 0.3) is 5.56 Å². The van der Waals surface area contributed by atoms with Crippen molar-refractivity contribution in [2.75, 3.05) is 7.11 Å². The largest absolute Gasteiger partial charge is 0.496 e. The highest BCUT2D eigenvalue weighted by molar-refractivity contribution is 6.30. The van der Waals surface area contributed by atoms with Gasteiger partial charge >= 0.3 is 0 Å². The minimum absolute atomic E-state index is 0.0798. The minimum atomic E-state index is -0.400. The molecule has 0 unspecified atom stereocenters. The third-order valence-corrected chi connectivity index (χ3v) is 4.63. The number of aromatic amines is 1. The number of ether oxygens (including phenoxy) is 2. The maximum Gasteiger partial charge on any atom is 0.266 e. The topological polar surface area (TPSA) is 75.1 Å². The smallest absolute Gasteiger partial charge is 0.266 e. The first-order chi connectivity index (χ1) is 13.4. The zero-order chi connectivity index (χ0) is 20.3. The fraction of sp³-hybridized carbons (Fsp3) is 0.182. The standard InChI is InChI=1S/C22H19ClN2O3/c1-13-8-17(23)5-7-20(13)28-12-16-10-15(4-6-21(16)27-3)18-9-14(2)25-22(26)19(18)11-24/h4-10H,12H2,1-3H3,(H,25,26). The molecule has 0 saturated heterocycles. The van der Waals surface area contributed by atoms with Crippen LogP contribution in [0.4, 0.5) is 0 Å². The molecule has 0 saturated carbocycles. The van der Waals surface area contributed by atoms with Crippen LogP contribution < -0.4 is 15.0 Å². The van der Waals surface area contributed by atoms with Crippen molar-refractivity contribution in [2.45, 2.75) is 20.5 Å². The SMILES string of the molecule is COc1ccc(-c2cc(C)[nH]c(=O)c2C#N)cc1COc1ccc(Cl)cc1C. The van der Waals surface area contributed by atoms with Crippen molar-refractivity contribution < 1.29 is 9.47 Å². The van der Waals surface area contributed by atoms with Crippen molar-refractivity contribution in [2.24, 2.45) is 0 Å². The first-order valence-electron chi connectivity index (χ1n) is 8.63. The summed E-state index contributed by atoms with van der Waals surface area (Å²) in [4.78, 5) is 14.8. The highest BCUT2D eigenvalue weighted by atomic mass is 35.5. The third kappa shape index (κ3) is 4.03. The molecule has 1 N–H and O–H groups in total. The number of nitrogens with zero attached hydrogens (tertiary/aromatic N) is 1. The molecule has 0 bridgehead atoms. The Balaban J connectivity index is 2.00. The number of pyridine rings is 1. The van der Waals surface area contributed by atoms with Gasteiger partial charge in [-0.25, -0.2) is 0 Å². The summed E-state index contributed by atoms with van der Waals surface area (Å²) in [5, 5.41) is 10.0. The molecule has 142 valence electrons. The molecule has 0 atom stereocenters. The van der Waals surface area contributed by atoms with Crippen LogP contribution in [0.15, 0.2) is 47.3 Å². The van der Waals surface area contributed by atoms with E-state index in [0.29, 0.717) is 22.0 Å². The van der Waals surface area contributed by atoms with Gasteiger partial charge in [0.1, 0.15) is 29.7 Å². The number of nitriles is 1. The molecule has 0 radical (unpaired) electrons. The van der Waals surface area contributed by atoms with Gasteiger partial charge < -0.3 is 14.5 Å². The predicted octanol–water partition coefficient (Wildman–Crippen LogP) is 4.77. The number of benzene rings is 2. The molecule has 1 heterocycles. The predicted molar refractivity (Wildman–Crippen MR) is 109 cm³/mol. The summed E-state index contributed by atoms with van der Waals surface area (Å²) in [6.07, 6.45) is 0. The normalized spacial score (nSPS) is 10.4. The Labute approximate surface area is 168 Å². The molecule has 3 aromatic rings. The lowest BCUT2D eigenvalue weighted by Gasteiger charge is -2.14. The molecular formula is C22H19ClN2O3. The van der Waals surface area contributed by atoms with Gasteiger partial charge in [-0.2, -0.15) is 5.26 Å². The number of aryl methyl sites for hydroxylation is 2. The monoisotopic (exact) mass is 394 g/mol. The molecule has 0 aliphatic rings. The number of hydrogen-bond donors (Lipinski definition) is 1. The number of halogens is 1. The van der Waals surface area contributed by atoms with Crippen molar-refractivity contribution in [1.82, 2.24) is 4.98 Å². The molecule has 5 nitrogen and oxygen atoms in total. The molecule has 0 fully saturated rings. The Bertz CT molecular complexity index is 1130. The summed E-state index contributed by atoms with van der Waals surface area (Å²) in [5.41, 5.74) is 3.42. The van der Waals surface area contributed by atoms with Crippen LogP contribution in [0.5, 0.6) is 11.5 Å². The Hall–Kier alpha value is -3.23. The number of methoxy groups -OCH3 is 1. The summed E-state index contributed by atoms with van der Waals surface area (Å²) >= 11 is 5.99. The van der Waals surface area contributed by atoms with Crippen molar-refractivity contribution in [1.29, 1.82) is 5.26 Å². The van der Waals surface area contributed by atoms with E-state index in [2.05, 4.69) is 4.98 Å². The Morgan fingerprint density at radius 2 is 1.86 bits per heavy atom. The molecule has 0 spiro atoms. The molecule has 0 aliphatic heterocycles. The maximum atomic E-state index is 12.1. The summed E-state index contributed by atoms with van der Waals surface area (Å²) in [7, 11) is 1.59. The molecule has 28 heavy (non-hydrogen) atoms. The highest BCUT2D eigenvalue weighted by Gasteiger charge is 2.13. The van der Waals surface area contributed by atoms with Gasteiger partial charge in [0.2, 0.25) is 0 Å². The van der Waals surface area contributed by atoms with Crippen LogP contribution in [-0.2, 0) is 6.61 Å². The van der Waals surface area contributed by atoms with Crippen LogP contribution in [-0.4, -0.2) is 12.1 Å². The average Bonchev–Trinajstić information content (AvgIpc) is 2.66. The lowest BCUT2D eigenvalue weighted by atomic mass is 9.99. The average molecular weight is 395 g/mol. The second-order valence-electron chi connectivity index (χ2n) is 6.41. The van der Waals surface area contributed by atoms with Gasteiger partial charge in [0.15, 0.2) is 0 Å². The fourth-order valence-electron chi connectivity index (χ4n) is 3.02. The molecule has 2 aromatic carbocycles. The van der Waals surface area contributed by atoms with Crippen LogP contribution in [0, 0.1) is 25.2 Å². The van der Waals surface area contributed by atoms with Crippen molar-refractivity contribution in [3.05, 3.63) is 80.2 Å². The molecule has 0 aliphatic carbocycles. The van der Waals surface area contributed by atoms with Crippen LogP contribution in [0.25, 0.3) is 11.1 Å². The summed E-state index contributed by atoms with van der Waals surface area (Å²) < 4.78 is 11.4. The van der Waals surface area contributed by atoms with Gasteiger partial charge in [-0.05, 0) is 61.4 Å². The Morgan fingerprint density at radius 1 is 1.11 bits per heavy atom. The van der Waals surface area contributed by atoms with Gasteiger partial charge in [0, 0.05) is 21.8 Å². The van der Waals surface area contributed by atoms with E-state index in [4.69, 9.17) is 21.1 Å². The molecule has 6 heteroatoms. The van der Waals surface area contributed by atoms with E-state index in [-0.39, 0.29) is 12.2 Å². The first kappa shape index (κ1) is 19.5. The first-order valence-corrected chi connectivity index (χ1v) is 9.01. The summed E-state index contributed by atoms with van der Waals surface area (Å²) in [5.74, 6) is 1.39. The lowest BCUT2D eigenvalue weighted by molar-refractivity contribution is 0.295. The van der Waals surface area contributed by atoms with E-state index in [1.165, 1.54) is 0 Å². The third-order valence-electron chi connectivity index (χ3n) is 4.39. The Kier molecular flexibility index (Phi) is 5.72. The van der Waals surface area contributed by atoms with Crippen LogP contribution in [0.2, 0.25) is 5.02 Å². The summed E-state index contributed by atoms with van der Waals surface area (Å²) in [6, 6.07) is 14.7. The maximum absolute atomic E-state index is 12.1. The zero-order valence-electron chi connectivity index (χ0n) is 15.8. The van der Waals surface area contributed by atoms with Crippen molar-refractivity contribution in [3.63, 3.8) is 0 Å². The second kappa shape index (κ2) is 8.20. The van der Waals surface area contributed by atoms with Crippen LogP contribution in [0.3, 0.4) is 0 Å². The van der Waals surface area contributed by atoms with Crippen LogP contribution >= 0.6 is 11.6 Å². The van der Waals surface area contributed by atoms with E-state index < -0.39 is 5.56 Å². The fourth-order valence-corrected chi connectivity index (χ4v) is 3.24. The Morgan fingerprint density at radius 3 is 2.54 bits per heavy atom. The van der Waals surface area contributed by atoms with E-state index >= 15 is 0 Å². The van der Waals surface area contributed by atoms with Crippen molar-refractivity contribution >= 4 is 11.6 Å². The highest BCUT2D eigenvalue weighted by Crippen LogP contribution is 2.30. The number of hydrogen-bond acceptors (Lipinski definition) is 4. The van der Waals surface area contributed by atoms with Gasteiger partial charge in [-0.15, -0.1) is 0 Å². The van der Waals surface area contributed by atoms with E-state index in [1.54, 1.807) is 32.2 Å². The van der Waals surface area contributed by atoms with Crippen LogP contribution in [0.1, 0.15) is 22.4 Å². The van der Waals surface area contributed by atoms with E-state index in [9.17, 15) is 10.1 Å². The second-order valence-corrected chi connectivity index (χ2v) is 6.84. The molecule has 3 rings (SSSR count). The van der Waals surface area contributed by atoms with Gasteiger partial charge in [0.05, 0.1) is 7.11 Å². The zero-order valence-corrected chi connectivity index (χ0v) is 16.6. The quantitative estimate of drug-likeness (QED) is 0.676. The van der Waals surface area contributed by atoms with Gasteiger partial charge in [-0.1, -0.05) is 17.7 Å². The van der Waals surface area contributed by atoms with Gasteiger partial charge in [-0.3, -0.25) is 4.79 Å².